The van der Waals surface area contributed by atoms with Crippen molar-refractivity contribution in [3.05, 3.63) is 24.3 Å². The summed E-state index contributed by atoms with van der Waals surface area (Å²) in [7, 11) is -3.47. The first-order chi connectivity index (χ1) is 9.89. The van der Waals surface area contributed by atoms with Crippen molar-refractivity contribution >= 4 is 16.0 Å². The van der Waals surface area contributed by atoms with Crippen molar-refractivity contribution in [3.63, 3.8) is 0 Å². The predicted molar refractivity (Wildman–Crippen MR) is 76.7 cm³/mol. The van der Waals surface area contributed by atoms with Gasteiger partial charge in [0.1, 0.15) is 5.75 Å². The van der Waals surface area contributed by atoms with Gasteiger partial charge in [-0.1, -0.05) is 6.92 Å². The number of aliphatic carboxylic acids is 1. The lowest BCUT2D eigenvalue weighted by Gasteiger charge is -2.29. The summed E-state index contributed by atoms with van der Waals surface area (Å²) in [5.74, 6) is -0.180. The predicted octanol–water partition coefficient (Wildman–Crippen LogP) is 1.57. The summed E-state index contributed by atoms with van der Waals surface area (Å²) >= 11 is 0. The van der Waals surface area contributed by atoms with Gasteiger partial charge in [0.2, 0.25) is 10.0 Å². The number of ether oxygens (including phenoxy) is 1. The maximum atomic E-state index is 12.5. The van der Waals surface area contributed by atoms with E-state index < -0.39 is 22.6 Å². The lowest BCUT2D eigenvalue weighted by atomic mass is 10.0. The molecule has 1 aliphatic heterocycles. The summed E-state index contributed by atoms with van der Waals surface area (Å²) in [6.45, 7) is 2.76. The zero-order chi connectivity index (χ0) is 15.5. The largest absolute Gasteiger partial charge is 0.482 e. The van der Waals surface area contributed by atoms with E-state index in [1.807, 2.05) is 0 Å². The number of carboxylic acid groups (broad SMARTS) is 1. The van der Waals surface area contributed by atoms with E-state index in [2.05, 4.69) is 6.92 Å². The highest BCUT2D eigenvalue weighted by atomic mass is 32.2. The molecule has 0 bridgehead atoms. The maximum absolute atomic E-state index is 12.5. The summed E-state index contributed by atoms with van der Waals surface area (Å²) in [5, 5.41) is 8.52. The molecule has 1 saturated heterocycles. The number of rotatable bonds is 5. The van der Waals surface area contributed by atoms with Crippen molar-refractivity contribution in [2.75, 3.05) is 19.7 Å². The molecule has 7 heteroatoms. The number of nitrogens with zero attached hydrogens (tertiary/aromatic N) is 1. The van der Waals surface area contributed by atoms with Crippen LogP contribution < -0.4 is 4.74 Å². The zero-order valence-electron chi connectivity index (χ0n) is 11.9. The van der Waals surface area contributed by atoms with E-state index in [-0.39, 0.29) is 4.90 Å². The van der Waals surface area contributed by atoms with Crippen molar-refractivity contribution in [2.24, 2.45) is 5.92 Å². The molecule has 6 nitrogen and oxygen atoms in total. The minimum Gasteiger partial charge on any atom is -0.482 e. The van der Waals surface area contributed by atoms with Crippen molar-refractivity contribution in [3.8, 4) is 5.75 Å². The molecule has 2 rings (SSSR count). The molecule has 0 unspecified atom stereocenters. The van der Waals surface area contributed by atoms with E-state index in [1.54, 1.807) is 0 Å². The summed E-state index contributed by atoms with van der Waals surface area (Å²) in [6.07, 6.45) is 1.75. The highest BCUT2D eigenvalue weighted by Crippen LogP contribution is 2.24. The van der Waals surface area contributed by atoms with Gasteiger partial charge in [0.15, 0.2) is 6.61 Å². The summed E-state index contributed by atoms with van der Waals surface area (Å²) in [5.41, 5.74) is 0. The number of hydrogen-bond acceptors (Lipinski definition) is 4. The van der Waals surface area contributed by atoms with Gasteiger partial charge in [-0.2, -0.15) is 4.31 Å². The van der Waals surface area contributed by atoms with Crippen LogP contribution in [-0.2, 0) is 14.8 Å². The first-order valence-electron chi connectivity index (χ1n) is 6.84. The highest BCUT2D eigenvalue weighted by molar-refractivity contribution is 7.89. The van der Waals surface area contributed by atoms with E-state index in [0.717, 1.165) is 12.8 Å². The van der Waals surface area contributed by atoms with Crippen LogP contribution in [0.15, 0.2) is 29.2 Å². The monoisotopic (exact) mass is 313 g/mol. The molecule has 1 N–H and O–H groups in total. The third kappa shape index (κ3) is 3.95. The van der Waals surface area contributed by atoms with Gasteiger partial charge in [0.05, 0.1) is 4.90 Å². The molecule has 0 saturated carbocycles. The standard InChI is InChI=1S/C14H19NO5S/c1-11-6-8-15(9-7-11)21(18,19)13-4-2-12(3-5-13)20-10-14(16)17/h2-5,11H,6-10H2,1H3,(H,16,17). The topological polar surface area (TPSA) is 83.9 Å². The minimum atomic E-state index is -3.47. The van der Waals surface area contributed by atoms with Gasteiger partial charge in [0, 0.05) is 13.1 Å². The van der Waals surface area contributed by atoms with E-state index in [9.17, 15) is 13.2 Å². The van der Waals surface area contributed by atoms with Crippen molar-refractivity contribution < 1.29 is 23.1 Å². The van der Waals surface area contributed by atoms with E-state index in [0.29, 0.717) is 24.8 Å². The molecule has 1 heterocycles. The van der Waals surface area contributed by atoms with Gasteiger partial charge in [-0.25, -0.2) is 13.2 Å². The number of benzene rings is 1. The minimum absolute atomic E-state index is 0.208. The SMILES string of the molecule is CC1CCN(S(=O)(=O)c2ccc(OCC(=O)O)cc2)CC1. The van der Waals surface area contributed by atoms with Gasteiger partial charge in [-0.05, 0) is 43.0 Å². The average molecular weight is 313 g/mol. The van der Waals surface area contributed by atoms with Crippen LogP contribution in [-0.4, -0.2) is 43.5 Å². The Kier molecular flexibility index (Phi) is 4.84. The van der Waals surface area contributed by atoms with Crippen LogP contribution in [0.1, 0.15) is 19.8 Å². The number of carbonyl (C=O) groups is 1. The van der Waals surface area contributed by atoms with Gasteiger partial charge >= 0.3 is 5.97 Å². The Labute approximate surface area is 124 Å². The van der Waals surface area contributed by atoms with Crippen molar-refractivity contribution in [1.29, 1.82) is 0 Å². The van der Waals surface area contributed by atoms with Crippen LogP contribution in [0.2, 0.25) is 0 Å². The fourth-order valence-electron chi connectivity index (χ4n) is 2.23. The quantitative estimate of drug-likeness (QED) is 0.892. The number of carboxylic acids is 1. The molecule has 0 spiro atoms. The summed E-state index contributed by atoms with van der Waals surface area (Å²) in [4.78, 5) is 10.6. The Morgan fingerprint density at radius 3 is 2.38 bits per heavy atom. The summed E-state index contributed by atoms with van der Waals surface area (Å²) < 4.78 is 31.4. The van der Waals surface area contributed by atoms with Crippen LogP contribution in [0.3, 0.4) is 0 Å². The van der Waals surface area contributed by atoms with Gasteiger partial charge < -0.3 is 9.84 Å². The molecule has 0 aliphatic carbocycles. The number of piperidine rings is 1. The molecule has 1 fully saturated rings. The maximum Gasteiger partial charge on any atom is 0.341 e. The fourth-order valence-corrected chi connectivity index (χ4v) is 3.70. The second-order valence-corrected chi connectivity index (χ2v) is 7.18. The Hall–Kier alpha value is -1.60. The lowest BCUT2D eigenvalue weighted by molar-refractivity contribution is -0.139. The molecular weight excluding hydrogens is 294 g/mol. The van der Waals surface area contributed by atoms with Crippen LogP contribution in [0.4, 0.5) is 0 Å². The molecule has 0 atom stereocenters. The van der Waals surface area contributed by atoms with Crippen molar-refractivity contribution in [1.82, 2.24) is 4.31 Å². The Balaban J connectivity index is 2.08. The molecule has 1 aliphatic rings. The third-order valence-corrected chi connectivity index (χ3v) is 5.48. The molecule has 21 heavy (non-hydrogen) atoms. The van der Waals surface area contributed by atoms with Gasteiger partial charge in [-0.15, -0.1) is 0 Å². The van der Waals surface area contributed by atoms with Crippen LogP contribution >= 0.6 is 0 Å². The molecule has 0 radical (unpaired) electrons. The fraction of sp³-hybridized carbons (Fsp3) is 0.500. The van der Waals surface area contributed by atoms with Crippen LogP contribution in [0, 0.1) is 5.92 Å². The average Bonchev–Trinajstić information content (AvgIpc) is 2.46. The second-order valence-electron chi connectivity index (χ2n) is 5.24. The van der Waals surface area contributed by atoms with Gasteiger partial charge in [-0.3, -0.25) is 0 Å². The zero-order valence-corrected chi connectivity index (χ0v) is 12.7. The molecule has 1 aromatic carbocycles. The Bertz CT molecular complexity index is 588. The molecule has 0 amide bonds. The van der Waals surface area contributed by atoms with Crippen molar-refractivity contribution in [2.45, 2.75) is 24.7 Å². The Morgan fingerprint density at radius 2 is 1.86 bits per heavy atom. The van der Waals surface area contributed by atoms with E-state index in [4.69, 9.17) is 9.84 Å². The second kappa shape index (κ2) is 6.44. The van der Waals surface area contributed by atoms with E-state index in [1.165, 1.54) is 28.6 Å². The number of hydrogen-bond donors (Lipinski definition) is 1. The number of sulfonamides is 1. The smallest absolute Gasteiger partial charge is 0.341 e. The van der Waals surface area contributed by atoms with Crippen LogP contribution in [0.5, 0.6) is 5.75 Å². The van der Waals surface area contributed by atoms with E-state index >= 15 is 0 Å². The highest BCUT2D eigenvalue weighted by Gasteiger charge is 2.27. The molecule has 116 valence electrons. The third-order valence-electron chi connectivity index (χ3n) is 3.57. The normalized spacial score (nSPS) is 17.6. The molecule has 1 aromatic rings. The molecular formula is C14H19NO5S. The van der Waals surface area contributed by atoms with Gasteiger partial charge in [0.25, 0.3) is 0 Å². The first-order valence-corrected chi connectivity index (χ1v) is 8.28. The lowest BCUT2D eigenvalue weighted by Crippen LogP contribution is -2.37. The first kappa shape index (κ1) is 15.8. The van der Waals surface area contributed by atoms with Crippen LogP contribution in [0.25, 0.3) is 0 Å². The molecule has 0 aromatic heterocycles. The summed E-state index contributed by atoms with van der Waals surface area (Å²) in [6, 6.07) is 5.85. The Morgan fingerprint density at radius 1 is 1.29 bits per heavy atom.